The fourth-order valence-electron chi connectivity index (χ4n) is 2.38. The van der Waals surface area contributed by atoms with Crippen LogP contribution in [0.1, 0.15) is 20.7 Å². The molecule has 0 saturated carbocycles. The maximum atomic E-state index is 12.9. The second kappa shape index (κ2) is 13.1. The third kappa shape index (κ3) is 6.48. The molecule has 0 fully saturated rings. The van der Waals surface area contributed by atoms with Crippen molar-refractivity contribution in [2.45, 2.75) is 6.04 Å². The van der Waals surface area contributed by atoms with Gasteiger partial charge in [0.15, 0.2) is 0 Å². The van der Waals surface area contributed by atoms with Gasteiger partial charge in [-0.1, -0.05) is 0 Å². The molecule has 1 rings (SSSR count). The summed E-state index contributed by atoms with van der Waals surface area (Å²) >= 11 is 5.51. The van der Waals surface area contributed by atoms with Crippen molar-refractivity contribution >= 4 is 91.3 Å². The summed E-state index contributed by atoms with van der Waals surface area (Å²) in [5.41, 5.74) is 5.74. The molecular weight excluding hydrogens is 741 g/mol. The van der Waals surface area contributed by atoms with E-state index in [1.54, 1.807) is 0 Å². The Hall–Kier alpha value is -0.540. The van der Waals surface area contributed by atoms with Crippen LogP contribution in [-0.4, -0.2) is 83.8 Å². The minimum absolute atomic E-state index is 0.0267. The number of nitrogens with zero attached hydrogens (tertiary/aromatic N) is 1. The Morgan fingerprint density at radius 1 is 0.900 bits per heavy atom. The van der Waals surface area contributed by atoms with E-state index in [0.717, 1.165) is 4.90 Å². The molecule has 4 amide bonds. The summed E-state index contributed by atoms with van der Waals surface area (Å²) in [6.45, 7) is -1.91. The number of hydrogen-bond donors (Lipinski definition) is 7. The van der Waals surface area contributed by atoms with Crippen LogP contribution in [-0.2, 0) is 0 Å². The number of benzene rings is 1. The molecule has 0 bridgehead atoms. The number of carbonyl (C=O) groups excluding carboxylic acids is 3. The molecular formula is C16H21I3N4O7. The Balaban J connectivity index is 3.78. The average Bonchev–Trinajstić information content (AvgIpc) is 2.69. The van der Waals surface area contributed by atoms with Crippen LogP contribution in [0, 0.1) is 10.7 Å². The number of aliphatic hydroxyl groups excluding tert-OH is 4. The van der Waals surface area contributed by atoms with Crippen LogP contribution in [0.25, 0.3) is 0 Å². The number of urea groups is 1. The number of hydrogen-bond acceptors (Lipinski definition) is 7. The molecule has 30 heavy (non-hydrogen) atoms. The lowest BCUT2D eigenvalue weighted by Crippen LogP contribution is -2.42. The van der Waals surface area contributed by atoms with Crippen molar-refractivity contribution in [2.24, 2.45) is 5.73 Å². The van der Waals surface area contributed by atoms with Gasteiger partial charge in [0.25, 0.3) is 11.8 Å². The fourth-order valence-corrected chi connectivity index (χ4v) is 7.11. The molecule has 0 aliphatic rings. The topological polar surface area (TPSA) is 185 Å². The van der Waals surface area contributed by atoms with Crippen LogP contribution in [0.15, 0.2) is 0 Å². The predicted octanol–water partition coefficient (Wildman–Crippen LogP) is -0.817. The number of primary amides is 1. The molecule has 8 N–H and O–H groups in total. The largest absolute Gasteiger partial charge is 0.395 e. The number of aliphatic hydroxyl groups is 4. The first kappa shape index (κ1) is 27.5. The molecule has 0 atom stereocenters. The van der Waals surface area contributed by atoms with E-state index in [0.29, 0.717) is 7.14 Å². The van der Waals surface area contributed by atoms with Gasteiger partial charge >= 0.3 is 6.03 Å². The summed E-state index contributed by atoms with van der Waals surface area (Å²) in [5.74, 6) is -1.27. The minimum atomic E-state index is -0.928. The summed E-state index contributed by atoms with van der Waals surface area (Å²) in [4.78, 5) is 38.7. The highest BCUT2D eigenvalue weighted by Crippen LogP contribution is 2.38. The van der Waals surface area contributed by atoms with Crippen LogP contribution < -0.4 is 21.3 Å². The highest BCUT2D eigenvalue weighted by molar-refractivity contribution is 14.1. The van der Waals surface area contributed by atoms with E-state index in [4.69, 9.17) is 10.8 Å². The molecule has 0 radical (unpaired) electrons. The molecule has 14 heteroatoms. The normalized spacial score (nSPS) is 10.8. The third-order valence-corrected chi connectivity index (χ3v) is 6.96. The SMILES string of the molecule is NC(=O)N(CCO)c1c(I)c(C(=O)NCCO)c(I)c(C(=O)NC(CO)CO)c1I. The van der Waals surface area contributed by atoms with Crippen LogP contribution in [0.3, 0.4) is 0 Å². The molecule has 0 aliphatic carbocycles. The second-order valence-electron chi connectivity index (χ2n) is 5.77. The first-order valence-electron chi connectivity index (χ1n) is 8.46. The molecule has 0 saturated heterocycles. The van der Waals surface area contributed by atoms with E-state index in [1.165, 1.54) is 0 Å². The molecule has 0 heterocycles. The zero-order valence-electron chi connectivity index (χ0n) is 15.5. The summed E-state index contributed by atoms with van der Waals surface area (Å²) in [5, 5.41) is 41.8. The highest BCUT2D eigenvalue weighted by Gasteiger charge is 2.31. The first-order chi connectivity index (χ1) is 14.2. The quantitative estimate of drug-likeness (QED) is 0.152. The maximum absolute atomic E-state index is 12.9. The zero-order chi connectivity index (χ0) is 23.0. The number of carbonyl (C=O) groups is 3. The Bertz CT molecular complexity index is 806. The fraction of sp³-hybridized carbons (Fsp3) is 0.438. The Morgan fingerprint density at radius 3 is 1.87 bits per heavy atom. The highest BCUT2D eigenvalue weighted by atomic mass is 127. The van der Waals surface area contributed by atoms with Crippen molar-refractivity contribution in [2.75, 3.05) is 44.4 Å². The van der Waals surface area contributed by atoms with Crippen molar-refractivity contribution in [3.05, 3.63) is 21.8 Å². The molecule has 0 aromatic heterocycles. The van der Waals surface area contributed by atoms with Crippen molar-refractivity contribution in [1.82, 2.24) is 10.6 Å². The van der Waals surface area contributed by atoms with Crippen molar-refractivity contribution < 1.29 is 34.8 Å². The standard InChI is InChI=1S/C16H21I3N4O7/c17-10-8(14(28)21-1-3-24)11(18)13(23(2-4-25)16(20)30)12(19)9(10)15(29)22-7(5-26)6-27/h7,24-27H,1-6H2,(H2,20,30)(H,21,28)(H,22,29). The Morgan fingerprint density at radius 2 is 1.43 bits per heavy atom. The summed E-state index contributed by atoms with van der Waals surface area (Å²) < 4.78 is 0.877. The van der Waals surface area contributed by atoms with Gasteiger partial charge in [0.1, 0.15) is 0 Å². The number of nitrogens with one attached hydrogen (secondary N) is 2. The monoisotopic (exact) mass is 762 g/mol. The minimum Gasteiger partial charge on any atom is -0.395 e. The van der Waals surface area contributed by atoms with Gasteiger partial charge in [-0.3, -0.25) is 14.5 Å². The lowest BCUT2D eigenvalue weighted by Gasteiger charge is -2.26. The van der Waals surface area contributed by atoms with Gasteiger partial charge in [-0.15, -0.1) is 0 Å². The van der Waals surface area contributed by atoms with Crippen LogP contribution >= 0.6 is 67.8 Å². The smallest absolute Gasteiger partial charge is 0.319 e. The lowest BCUT2D eigenvalue weighted by atomic mass is 10.1. The number of nitrogens with two attached hydrogens (primary N) is 1. The van der Waals surface area contributed by atoms with E-state index < -0.39 is 43.7 Å². The van der Waals surface area contributed by atoms with Crippen LogP contribution in [0.5, 0.6) is 0 Å². The van der Waals surface area contributed by atoms with Gasteiger partial charge in [-0.25, -0.2) is 4.79 Å². The molecule has 168 valence electrons. The maximum Gasteiger partial charge on any atom is 0.319 e. The second-order valence-corrected chi connectivity index (χ2v) is 9.01. The van der Waals surface area contributed by atoms with E-state index in [2.05, 4.69) is 10.6 Å². The summed E-state index contributed by atoms with van der Waals surface area (Å²) in [6, 6.07) is -1.82. The van der Waals surface area contributed by atoms with Gasteiger partial charge in [0, 0.05) is 10.1 Å². The number of halogens is 3. The Kier molecular flexibility index (Phi) is 12.0. The van der Waals surface area contributed by atoms with E-state index in [1.807, 2.05) is 67.8 Å². The number of anilines is 1. The van der Waals surface area contributed by atoms with Gasteiger partial charge in [0.2, 0.25) is 0 Å². The summed E-state index contributed by atoms with van der Waals surface area (Å²) in [6.07, 6.45) is 0. The zero-order valence-corrected chi connectivity index (χ0v) is 22.0. The molecule has 0 unspecified atom stereocenters. The summed E-state index contributed by atoms with van der Waals surface area (Å²) in [7, 11) is 0. The van der Waals surface area contributed by atoms with E-state index >= 15 is 0 Å². The van der Waals surface area contributed by atoms with Gasteiger partial charge in [-0.05, 0) is 67.8 Å². The van der Waals surface area contributed by atoms with Crippen LogP contribution in [0.4, 0.5) is 10.5 Å². The average molecular weight is 762 g/mol. The lowest BCUT2D eigenvalue weighted by molar-refractivity contribution is 0.0877. The number of amides is 4. The van der Waals surface area contributed by atoms with Crippen molar-refractivity contribution in [3.8, 4) is 0 Å². The van der Waals surface area contributed by atoms with Crippen LogP contribution in [0.2, 0.25) is 0 Å². The van der Waals surface area contributed by atoms with Crippen molar-refractivity contribution in [1.29, 1.82) is 0 Å². The molecule has 11 nitrogen and oxygen atoms in total. The number of rotatable bonds is 10. The first-order valence-corrected chi connectivity index (χ1v) is 11.7. The van der Waals surface area contributed by atoms with E-state index in [-0.39, 0.29) is 40.1 Å². The van der Waals surface area contributed by atoms with Gasteiger partial charge < -0.3 is 36.8 Å². The molecule has 0 spiro atoms. The van der Waals surface area contributed by atoms with Gasteiger partial charge in [-0.2, -0.15) is 0 Å². The van der Waals surface area contributed by atoms with Gasteiger partial charge in [0.05, 0.1) is 63.0 Å². The molecule has 1 aromatic rings. The third-order valence-electron chi connectivity index (χ3n) is 3.78. The van der Waals surface area contributed by atoms with E-state index in [9.17, 15) is 29.7 Å². The van der Waals surface area contributed by atoms with Crippen molar-refractivity contribution in [3.63, 3.8) is 0 Å². The predicted molar refractivity (Wildman–Crippen MR) is 133 cm³/mol. The molecule has 0 aliphatic heterocycles. The molecule has 1 aromatic carbocycles. The Labute approximate surface area is 213 Å².